The van der Waals surface area contributed by atoms with Crippen molar-refractivity contribution >= 4 is 46.0 Å². The van der Waals surface area contributed by atoms with Crippen LogP contribution in [0.15, 0.2) is 47.0 Å². The Morgan fingerprint density at radius 2 is 1.96 bits per heavy atom. The van der Waals surface area contributed by atoms with Gasteiger partial charge in [0.2, 0.25) is 0 Å². The van der Waals surface area contributed by atoms with Gasteiger partial charge in [-0.05, 0) is 42.8 Å². The van der Waals surface area contributed by atoms with Crippen LogP contribution < -0.4 is 5.32 Å². The number of amides is 1. The van der Waals surface area contributed by atoms with Gasteiger partial charge in [-0.3, -0.25) is 9.78 Å². The molecule has 5 nitrogen and oxygen atoms in total. The van der Waals surface area contributed by atoms with Crippen LogP contribution in [0.1, 0.15) is 16.1 Å². The van der Waals surface area contributed by atoms with E-state index in [4.69, 9.17) is 27.6 Å². The first-order valence-corrected chi connectivity index (χ1v) is 8.47. The number of carbonyl (C=O) groups excluding carboxylic acids is 1. The van der Waals surface area contributed by atoms with Crippen molar-refractivity contribution in [2.45, 2.75) is 6.92 Å². The van der Waals surface area contributed by atoms with Gasteiger partial charge in [0.25, 0.3) is 5.91 Å². The maximum atomic E-state index is 12.9. The van der Waals surface area contributed by atoms with Crippen molar-refractivity contribution in [2.24, 2.45) is 0 Å². The predicted molar refractivity (Wildman–Crippen MR) is 101 cm³/mol. The minimum atomic E-state index is -0.374. The number of hydrogen-bond donors (Lipinski definition) is 2. The van der Waals surface area contributed by atoms with Gasteiger partial charge in [-0.15, -0.1) is 0 Å². The Bertz CT molecular complexity index is 1140. The lowest BCUT2D eigenvalue weighted by atomic mass is 9.99. The van der Waals surface area contributed by atoms with E-state index >= 15 is 0 Å². The molecule has 0 spiro atoms. The number of anilines is 1. The maximum Gasteiger partial charge on any atom is 0.260 e. The highest BCUT2D eigenvalue weighted by molar-refractivity contribution is 6.42. The zero-order chi connectivity index (χ0) is 18.4. The van der Waals surface area contributed by atoms with E-state index in [0.717, 1.165) is 11.3 Å². The zero-order valence-electron chi connectivity index (χ0n) is 13.5. The first-order chi connectivity index (χ1) is 12.4. The average Bonchev–Trinajstić information content (AvgIpc) is 3.15. The molecule has 0 aliphatic rings. The van der Waals surface area contributed by atoms with Crippen molar-refractivity contribution in [3.05, 3.63) is 63.9 Å². The van der Waals surface area contributed by atoms with E-state index in [1.807, 2.05) is 13.0 Å². The van der Waals surface area contributed by atoms with Gasteiger partial charge in [-0.1, -0.05) is 23.2 Å². The van der Waals surface area contributed by atoms with Crippen molar-refractivity contribution in [3.8, 4) is 16.9 Å². The third-order valence-electron chi connectivity index (χ3n) is 4.03. The molecule has 2 N–H and O–H groups in total. The maximum absolute atomic E-state index is 12.9. The van der Waals surface area contributed by atoms with Crippen LogP contribution in [-0.2, 0) is 0 Å². The van der Waals surface area contributed by atoms with E-state index < -0.39 is 0 Å². The third kappa shape index (κ3) is 2.75. The van der Waals surface area contributed by atoms with Crippen LogP contribution in [0.3, 0.4) is 0 Å². The molecule has 26 heavy (non-hydrogen) atoms. The molecule has 3 heterocycles. The number of halogens is 2. The van der Waals surface area contributed by atoms with Crippen molar-refractivity contribution in [3.63, 3.8) is 0 Å². The lowest BCUT2D eigenvalue weighted by Crippen LogP contribution is -2.12. The zero-order valence-corrected chi connectivity index (χ0v) is 15.0. The minimum Gasteiger partial charge on any atom is -0.504 e. The fraction of sp³-hybridized carbons (Fsp3) is 0.0526. The molecule has 0 radical (unpaired) electrons. The molecule has 3 aromatic heterocycles. The van der Waals surface area contributed by atoms with Gasteiger partial charge in [0.15, 0.2) is 11.3 Å². The molecule has 130 valence electrons. The molecule has 0 unspecified atom stereocenters. The Balaban J connectivity index is 1.79. The number of aromatic nitrogens is 1. The lowest BCUT2D eigenvalue weighted by molar-refractivity contribution is 0.102. The Morgan fingerprint density at radius 3 is 2.69 bits per heavy atom. The average molecular weight is 387 g/mol. The molecule has 0 fully saturated rings. The van der Waals surface area contributed by atoms with Crippen molar-refractivity contribution in [1.82, 2.24) is 4.98 Å². The largest absolute Gasteiger partial charge is 0.504 e. The van der Waals surface area contributed by atoms with E-state index in [1.54, 1.807) is 30.5 Å². The molecule has 4 aromatic rings. The Kier molecular flexibility index (Phi) is 3.98. The van der Waals surface area contributed by atoms with Crippen molar-refractivity contribution in [2.75, 3.05) is 5.32 Å². The summed E-state index contributed by atoms with van der Waals surface area (Å²) < 4.78 is 5.59. The molecule has 0 atom stereocenters. The Morgan fingerprint density at radius 1 is 1.15 bits per heavy atom. The van der Waals surface area contributed by atoms with Gasteiger partial charge in [0, 0.05) is 29.2 Å². The molecule has 1 aromatic carbocycles. The number of phenolic OH excluding ortho intramolecular Hbond substituents is 1. The fourth-order valence-corrected chi connectivity index (χ4v) is 3.19. The van der Waals surface area contributed by atoms with E-state index in [-0.39, 0.29) is 17.2 Å². The van der Waals surface area contributed by atoms with E-state index in [2.05, 4.69) is 10.3 Å². The molecular formula is C19H12Cl2N2O3. The number of pyridine rings is 1. The molecule has 0 aliphatic carbocycles. The first kappa shape index (κ1) is 16.7. The summed E-state index contributed by atoms with van der Waals surface area (Å²) in [5.74, 6) is -0.378. The predicted octanol–water partition coefficient (Wildman–Crippen LogP) is 5.51. The smallest absolute Gasteiger partial charge is 0.260 e. The van der Waals surface area contributed by atoms with Crippen LogP contribution in [-0.4, -0.2) is 16.0 Å². The van der Waals surface area contributed by atoms with Gasteiger partial charge >= 0.3 is 0 Å². The second kappa shape index (κ2) is 6.20. The minimum absolute atomic E-state index is 0.00412. The topological polar surface area (TPSA) is 75.4 Å². The molecule has 1 amide bonds. The van der Waals surface area contributed by atoms with Crippen LogP contribution in [0.2, 0.25) is 10.0 Å². The van der Waals surface area contributed by atoms with Gasteiger partial charge in [0.05, 0.1) is 15.6 Å². The first-order valence-electron chi connectivity index (χ1n) is 7.71. The third-order valence-corrected chi connectivity index (χ3v) is 4.76. The fourth-order valence-electron chi connectivity index (χ4n) is 2.89. The van der Waals surface area contributed by atoms with E-state index in [9.17, 15) is 9.90 Å². The summed E-state index contributed by atoms with van der Waals surface area (Å²) in [6.45, 7) is 1.85. The number of aromatic hydroxyl groups is 1. The summed E-state index contributed by atoms with van der Waals surface area (Å²) in [6.07, 6.45) is 1.64. The number of furan rings is 2. The quantitative estimate of drug-likeness (QED) is 0.486. The number of nitrogens with one attached hydrogen (secondary N) is 1. The SMILES string of the molecule is Cc1cc(-c2c(C(=O)Nc3ccc(Cl)c(Cl)c3)c3cc(O)c2o3)ccn1. The van der Waals surface area contributed by atoms with Gasteiger partial charge in [0.1, 0.15) is 5.58 Å². The van der Waals surface area contributed by atoms with Crippen LogP contribution in [0.5, 0.6) is 5.75 Å². The summed E-state index contributed by atoms with van der Waals surface area (Å²) in [5, 5.41) is 13.6. The van der Waals surface area contributed by atoms with Crippen molar-refractivity contribution in [1.29, 1.82) is 0 Å². The number of aryl methyl sites for hydroxylation is 1. The van der Waals surface area contributed by atoms with E-state index in [1.165, 1.54) is 6.07 Å². The number of rotatable bonds is 3. The van der Waals surface area contributed by atoms with Gasteiger partial charge in [-0.25, -0.2) is 0 Å². The highest BCUT2D eigenvalue weighted by atomic mass is 35.5. The van der Waals surface area contributed by atoms with Crippen LogP contribution in [0.25, 0.3) is 22.3 Å². The molecule has 0 saturated heterocycles. The summed E-state index contributed by atoms with van der Waals surface area (Å²) in [6, 6.07) is 9.84. The molecule has 2 bridgehead atoms. The Labute approximate surface area is 158 Å². The van der Waals surface area contributed by atoms with Crippen LogP contribution in [0.4, 0.5) is 5.69 Å². The lowest BCUT2D eigenvalue weighted by Gasteiger charge is -2.09. The molecule has 0 saturated carbocycles. The summed E-state index contributed by atoms with van der Waals surface area (Å²) >= 11 is 11.9. The van der Waals surface area contributed by atoms with Gasteiger partial charge < -0.3 is 14.8 Å². The van der Waals surface area contributed by atoms with Crippen LogP contribution in [0, 0.1) is 6.92 Å². The number of hydrogen-bond acceptors (Lipinski definition) is 4. The van der Waals surface area contributed by atoms with E-state index in [0.29, 0.717) is 32.4 Å². The summed E-state index contributed by atoms with van der Waals surface area (Å²) in [7, 11) is 0. The highest BCUT2D eigenvalue weighted by Gasteiger charge is 2.27. The summed E-state index contributed by atoms with van der Waals surface area (Å²) in [5.41, 5.74) is 3.48. The number of carbonyl (C=O) groups is 1. The second-order valence-corrected chi connectivity index (χ2v) is 6.66. The summed E-state index contributed by atoms with van der Waals surface area (Å²) in [4.78, 5) is 17.1. The van der Waals surface area contributed by atoms with Crippen LogP contribution >= 0.6 is 23.2 Å². The standard InChI is InChI=1S/C19H12Cl2N2O3/c1-9-6-10(4-5-22-9)16-17(15-8-14(24)18(16)26-15)19(25)23-11-2-3-12(20)13(21)7-11/h2-8,24H,1H3,(H,23,25). The second-order valence-electron chi connectivity index (χ2n) is 5.84. The number of nitrogens with zero attached hydrogens (tertiary/aromatic N) is 1. The number of benzene rings is 2. The van der Waals surface area contributed by atoms with Crippen molar-refractivity contribution < 1.29 is 14.3 Å². The highest BCUT2D eigenvalue weighted by Crippen LogP contribution is 2.43. The Hall–Kier alpha value is -2.76. The number of phenols is 1. The molecule has 7 heteroatoms. The molecule has 4 rings (SSSR count). The number of fused-ring (bicyclic) bond motifs is 2. The van der Waals surface area contributed by atoms with Gasteiger partial charge in [-0.2, -0.15) is 0 Å². The normalized spacial score (nSPS) is 11.2. The monoisotopic (exact) mass is 386 g/mol. The molecule has 0 aliphatic heterocycles. The molecular weight excluding hydrogens is 375 g/mol.